The lowest BCUT2D eigenvalue weighted by molar-refractivity contribution is -0.144. The molecule has 0 saturated carbocycles. The Balaban J connectivity index is 2.84. The summed E-state index contributed by atoms with van der Waals surface area (Å²) in [5.74, 6) is -2.12. The average Bonchev–Trinajstić information content (AvgIpc) is 2.23. The van der Waals surface area contributed by atoms with Crippen molar-refractivity contribution >= 4 is 17.5 Å². The number of anilines is 2. The topological polar surface area (TPSA) is 84.1 Å². The number of hydrogen-bond acceptors (Lipinski definition) is 5. The molecule has 0 radical (unpaired) electrons. The highest BCUT2D eigenvalue weighted by atomic mass is 19.4. The van der Waals surface area contributed by atoms with Crippen LogP contribution in [0.25, 0.3) is 0 Å². The van der Waals surface area contributed by atoms with Crippen molar-refractivity contribution in [3.63, 3.8) is 0 Å². The Morgan fingerprint density at radius 1 is 1.44 bits per heavy atom. The Labute approximate surface area is 101 Å². The Bertz CT molecular complexity index is 446. The maximum absolute atomic E-state index is 12.4. The van der Waals surface area contributed by atoms with E-state index >= 15 is 0 Å². The SMILES string of the molecule is CN(C)C(=O)CNc1cc(N)nc(C(F)(F)F)n1. The second kappa shape index (κ2) is 5.07. The molecule has 3 N–H and O–H groups in total. The van der Waals surface area contributed by atoms with E-state index in [9.17, 15) is 18.0 Å². The molecule has 1 heterocycles. The summed E-state index contributed by atoms with van der Waals surface area (Å²) in [6, 6.07) is 1.12. The molecule has 6 nitrogen and oxygen atoms in total. The molecule has 1 aromatic heterocycles. The summed E-state index contributed by atoms with van der Waals surface area (Å²) in [6.45, 7) is -0.180. The van der Waals surface area contributed by atoms with E-state index in [1.165, 1.54) is 19.0 Å². The van der Waals surface area contributed by atoms with Gasteiger partial charge in [-0.2, -0.15) is 13.2 Å². The van der Waals surface area contributed by atoms with Crippen LogP contribution in [0.1, 0.15) is 5.82 Å². The van der Waals surface area contributed by atoms with Crippen LogP contribution in [0, 0.1) is 0 Å². The van der Waals surface area contributed by atoms with Gasteiger partial charge in [-0.3, -0.25) is 4.79 Å². The second-order valence-corrected chi connectivity index (χ2v) is 3.64. The maximum Gasteiger partial charge on any atom is 0.451 e. The van der Waals surface area contributed by atoms with Gasteiger partial charge in [-0.05, 0) is 0 Å². The highest BCUT2D eigenvalue weighted by molar-refractivity contribution is 5.80. The van der Waals surface area contributed by atoms with E-state index in [2.05, 4.69) is 15.3 Å². The molecule has 0 unspecified atom stereocenters. The van der Waals surface area contributed by atoms with E-state index in [1.807, 2.05) is 0 Å². The number of nitrogen functional groups attached to an aromatic ring is 1. The largest absolute Gasteiger partial charge is 0.451 e. The number of nitrogens with two attached hydrogens (primary N) is 1. The Morgan fingerprint density at radius 2 is 2.06 bits per heavy atom. The summed E-state index contributed by atoms with van der Waals surface area (Å²) < 4.78 is 37.2. The van der Waals surface area contributed by atoms with Gasteiger partial charge in [-0.1, -0.05) is 0 Å². The predicted octanol–water partition coefficient (Wildman–Crippen LogP) is 0.578. The van der Waals surface area contributed by atoms with Crippen LogP contribution in [0.4, 0.5) is 24.8 Å². The van der Waals surface area contributed by atoms with Crippen LogP contribution in [-0.4, -0.2) is 41.4 Å². The highest BCUT2D eigenvalue weighted by Crippen LogP contribution is 2.27. The third-order valence-electron chi connectivity index (χ3n) is 1.92. The number of aromatic nitrogens is 2. The number of alkyl halides is 3. The van der Waals surface area contributed by atoms with Crippen molar-refractivity contribution in [3.8, 4) is 0 Å². The number of halogens is 3. The third kappa shape index (κ3) is 3.75. The number of amides is 1. The molecule has 1 amide bonds. The van der Waals surface area contributed by atoms with E-state index in [4.69, 9.17) is 5.73 Å². The first-order valence-electron chi connectivity index (χ1n) is 4.86. The van der Waals surface area contributed by atoms with Crippen LogP contribution >= 0.6 is 0 Å². The van der Waals surface area contributed by atoms with Crippen LogP contribution < -0.4 is 11.1 Å². The van der Waals surface area contributed by atoms with E-state index in [0.29, 0.717) is 0 Å². The summed E-state index contributed by atoms with van der Waals surface area (Å²) in [6.07, 6.45) is -4.68. The molecule has 0 atom stereocenters. The number of nitrogens with zero attached hydrogens (tertiary/aromatic N) is 3. The number of likely N-dealkylation sites (N-methyl/N-ethyl adjacent to an activating group) is 1. The summed E-state index contributed by atoms with van der Waals surface area (Å²) in [5, 5.41) is 2.46. The molecule has 1 aromatic rings. The minimum atomic E-state index is -4.68. The average molecular weight is 263 g/mol. The molecule has 9 heteroatoms. The first kappa shape index (κ1) is 14.0. The molecular formula is C9H12F3N5O. The normalized spacial score (nSPS) is 11.2. The first-order chi connectivity index (χ1) is 8.20. The Kier molecular flexibility index (Phi) is 3.94. The lowest BCUT2D eigenvalue weighted by atomic mass is 10.4. The Hall–Kier alpha value is -2.06. The van der Waals surface area contributed by atoms with Crippen molar-refractivity contribution in [3.05, 3.63) is 11.9 Å². The van der Waals surface area contributed by atoms with Gasteiger partial charge in [0.25, 0.3) is 0 Å². The molecule has 0 aliphatic rings. The smallest absolute Gasteiger partial charge is 0.384 e. The van der Waals surface area contributed by atoms with Gasteiger partial charge >= 0.3 is 6.18 Å². The summed E-state index contributed by atoms with van der Waals surface area (Å²) in [7, 11) is 3.05. The van der Waals surface area contributed by atoms with Gasteiger partial charge in [0.2, 0.25) is 11.7 Å². The van der Waals surface area contributed by atoms with Gasteiger partial charge in [0.15, 0.2) is 0 Å². The van der Waals surface area contributed by atoms with Gasteiger partial charge in [-0.25, -0.2) is 9.97 Å². The number of hydrogen-bond donors (Lipinski definition) is 2. The molecule has 100 valence electrons. The lowest BCUT2D eigenvalue weighted by Crippen LogP contribution is -2.29. The van der Waals surface area contributed by atoms with Gasteiger partial charge in [0.1, 0.15) is 11.6 Å². The molecule has 18 heavy (non-hydrogen) atoms. The number of rotatable bonds is 3. The number of nitrogens with one attached hydrogen (secondary N) is 1. The fourth-order valence-corrected chi connectivity index (χ4v) is 1.01. The van der Waals surface area contributed by atoms with Crippen LogP contribution in [0.2, 0.25) is 0 Å². The zero-order valence-corrected chi connectivity index (χ0v) is 9.75. The Morgan fingerprint density at radius 3 is 2.56 bits per heavy atom. The molecule has 0 aliphatic heterocycles. The number of carbonyl (C=O) groups is 1. The maximum atomic E-state index is 12.4. The molecule has 0 bridgehead atoms. The fourth-order valence-electron chi connectivity index (χ4n) is 1.01. The molecule has 0 aliphatic carbocycles. The standard InChI is InChI=1S/C9H12F3N5O/c1-17(2)7(18)4-14-6-3-5(13)15-8(16-6)9(10,11)12/h3H,4H2,1-2H3,(H3,13,14,15,16). The molecular weight excluding hydrogens is 251 g/mol. The molecule has 1 rings (SSSR count). The van der Waals surface area contributed by atoms with Gasteiger partial charge in [0.05, 0.1) is 6.54 Å². The second-order valence-electron chi connectivity index (χ2n) is 3.64. The summed E-state index contributed by atoms with van der Waals surface area (Å²) in [5.41, 5.74) is 5.24. The van der Waals surface area contributed by atoms with Crippen molar-refractivity contribution in [2.45, 2.75) is 6.18 Å². The van der Waals surface area contributed by atoms with Crippen molar-refractivity contribution < 1.29 is 18.0 Å². The van der Waals surface area contributed by atoms with Crippen molar-refractivity contribution in [1.82, 2.24) is 14.9 Å². The van der Waals surface area contributed by atoms with Crippen LogP contribution in [0.5, 0.6) is 0 Å². The quantitative estimate of drug-likeness (QED) is 0.833. The van der Waals surface area contributed by atoms with Crippen molar-refractivity contribution in [2.24, 2.45) is 0 Å². The summed E-state index contributed by atoms with van der Waals surface area (Å²) >= 11 is 0. The zero-order valence-electron chi connectivity index (χ0n) is 9.75. The molecule has 0 spiro atoms. The van der Waals surface area contributed by atoms with E-state index in [0.717, 1.165) is 6.07 Å². The molecule has 0 saturated heterocycles. The van der Waals surface area contributed by atoms with E-state index in [-0.39, 0.29) is 24.1 Å². The van der Waals surface area contributed by atoms with E-state index < -0.39 is 12.0 Å². The fraction of sp³-hybridized carbons (Fsp3) is 0.444. The predicted molar refractivity (Wildman–Crippen MR) is 58.6 cm³/mol. The molecule has 0 aromatic carbocycles. The van der Waals surface area contributed by atoms with Crippen LogP contribution in [-0.2, 0) is 11.0 Å². The number of carbonyl (C=O) groups excluding carboxylic acids is 1. The minimum Gasteiger partial charge on any atom is -0.384 e. The van der Waals surface area contributed by atoms with Gasteiger partial charge in [-0.15, -0.1) is 0 Å². The first-order valence-corrected chi connectivity index (χ1v) is 4.86. The van der Waals surface area contributed by atoms with Crippen molar-refractivity contribution in [1.29, 1.82) is 0 Å². The zero-order chi connectivity index (χ0) is 13.9. The van der Waals surface area contributed by atoms with Gasteiger partial charge in [0, 0.05) is 20.2 Å². The summed E-state index contributed by atoms with van der Waals surface area (Å²) in [4.78, 5) is 18.9. The lowest BCUT2D eigenvalue weighted by Gasteiger charge is -2.12. The minimum absolute atomic E-state index is 0.148. The van der Waals surface area contributed by atoms with Gasteiger partial charge < -0.3 is 16.0 Å². The van der Waals surface area contributed by atoms with E-state index in [1.54, 1.807) is 0 Å². The van der Waals surface area contributed by atoms with Crippen LogP contribution in [0.3, 0.4) is 0 Å². The highest BCUT2D eigenvalue weighted by Gasteiger charge is 2.35. The molecule has 0 fully saturated rings. The third-order valence-corrected chi connectivity index (χ3v) is 1.92. The van der Waals surface area contributed by atoms with Crippen LogP contribution in [0.15, 0.2) is 6.07 Å². The van der Waals surface area contributed by atoms with Crippen molar-refractivity contribution in [2.75, 3.05) is 31.7 Å². The monoisotopic (exact) mass is 263 g/mol.